The van der Waals surface area contributed by atoms with Gasteiger partial charge in [-0.05, 0) is 33.7 Å². The van der Waals surface area contributed by atoms with Gasteiger partial charge in [0.25, 0.3) is 0 Å². The summed E-state index contributed by atoms with van der Waals surface area (Å²) in [5, 5.41) is 0. The van der Waals surface area contributed by atoms with Gasteiger partial charge in [-0.2, -0.15) is 0 Å². The third-order valence-electron chi connectivity index (χ3n) is 1.60. The number of hydrogen-bond acceptors (Lipinski definition) is 4. The minimum absolute atomic E-state index is 0.455. The number of hydrogen-bond donors (Lipinski definition) is 1. The largest absolute Gasteiger partial charge is 0.500 e. The molecule has 0 rings (SSSR count). The van der Waals surface area contributed by atoms with E-state index in [4.69, 9.17) is 20.4 Å². The lowest BCUT2D eigenvalue weighted by atomic mass is 10.5. The first-order chi connectivity index (χ1) is 7.16. The molecule has 14 heavy (non-hydrogen) atoms. The average Bonchev–Trinajstić information content (AvgIpc) is 2.19. The Kier molecular flexibility index (Phi) is 7.25. The molecule has 0 aromatic carbocycles. The zero-order valence-corrected chi connectivity index (χ0v) is 10.4. The molecule has 0 heterocycles. The van der Waals surface area contributed by atoms with Crippen molar-refractivity contribution in [2.75, 3.05) is 26.4 Å². The second-order valence-corrected chi connectivity index (χ2v) is 5.17. The molecule has 0 saturated heterocycles. The van der Waals surface area contributed by atoms with Gasteiger partial charge >= 0.3 is 8.80 Å². The molecule has 0 aromatic rings. The molecule has 0 amide bonds. The van der Waals surface area contributed by atoms with Crippen molar-refractivity contribution in [3.63, 3.8) is 0 Å². The maximum absolute atomic E-state index is 7.99. The van der Waals surface area contributed by atoms with E-state index in [0.29, 0.717) is 32.8 Å². The Morgan fingerprint density at radius 3 is 1.79 bits per heavy atom. The molecule has 2 N–H and O–H groups in total. The van der Waals surface area contributed by atoms with Crippen LogP contribution < -0.4 is 5.73 Å². The molecular formula is C9H23NO3Si. The van der Waals surface area contributed by atoms with Crippen LogP contribution in [0, 0.1) is 0 Å². The van der Waals surface area contributed by atoms with E-state index < -0.39 is 14.8 Å². The Bertz CT molecular complexity index is 145. The van der Waals surface area contributed by atoms with Gasteiger partial charge in [0, 0.05) is 27.2 Å². The molecule has 1 atom stereocenters. The maximum atomic E-state index is 7.99. The van der Waals surface area contributed by atoms with Crippen LogP contribution >= 0.6 is 0 Å². The zero-order chi connectivity index (χ0) is 11.7. The van der Waals surface area contributed by atoms with Gasteiger partial charge in [-0.15, -0.1) is 0 Å². The summed E-state index contributed by atoms with van der Waals surface area (Å²) < 4.78 is 24.7. The van der Waals surface area contributed by atoms with E-state index >= 15 is 0 Å². The molecule has 0 fully saturated rings. The van der Waals surface area contributed by atoms with Crippen LogP contribution in [0.15, 0.2) is 0 Å². The molecule has 0 aliphatic carbocycles. The molecule has 0 aromatic heterocycles. The molecule has 0 spiro atoms. The maximum Gasteiger partial charge on any atom is 0.500 e. The van der Waals surface area contributed by atoms with Gasteiger partial charge in [0.2, 0.25) is 0 Å². The van der Waals surface area contributed by atoms with Crippen LogP contribution in [0.3, 0.4) is 0 Å². The lowest BCUT2D eigenvalue weighted by molar-refractivity contribution is 0.0710. The Hall–Kier alpha value is 0.0569. The summed E-state index contributed by atoms with van der Waals surface area (Å²) in [5.74, 6) is 0. The second-order valence-electron chi connectivity index (χ2n) is 2.68. The molecule has 0 aliphatic heterocycles. The van der Waals surface area contributed by atoms with Crippen molar-refractivity contribution in [3.05, 3.63) is 0 Å². The van der Waals surface area contributed by atoms with Gasteiger partial charge in [-0.1, -0.05) is 0 Å². The first-order valence-corrected chi connectivity index (χ1v) is 7.01. The molecule has 1 unspecified atom stereocenters. The first kappa shape index (κ1) is 12.1. The SMILES string of the molecule is [2H]C(CCN)[Si](OCC)(OCC)OCC. The van der Waals surface area contributed by atoms with Crippen molar-refractivity contribution in [1.29, 1.82) is 0 Å². The molecular weight excluding hydrogens is 198 g/mol. The number of nitrogens with two attached hydrogens (primary N) is 1. The van der Waals surface area contributed by atoms with E-state index in [0.717, 1.165) is 0 Å². The van der Waals surface area contributed by atoms with E-state index in [9.17, 15) is 0 Å². The van der Waals surface area contributed by atoms with Crippen molar-refractivity contribution in [3.8, 4) is 0 Å². The third kappa shape index (κ3) is 5.07. The topological polar surface area (TPSA) is 53.7 Å². The smallest absolute Gasteiger partial charge is 0.374 e. The summed E-state index contributed by atoms with van der Waals surface area (Å²) >= 11 is 0. The first-order valence-electron chi connectivity index (χ1n) is 5.78. The Balaban J connectivity index is 4.57. The summed E-state index contributed by atoms with van der Waals surface area (Å²) in [7, 11) is -2.83. The highest BCUT2D eigenvalue weighted by Gasteiger charge is 2.39. The molecule has 0 aliphatic rings. The van der Waals surface area contributed by atoms with Gasteiger partial charge in [-0.3, -0.25) is 0 Å². The summed E-state index contributed by atoms with van der Waals surface area (Å²) in [6, 6.07) is -0.484. The minimum atomic E-state index is -2.83. The quantitative estimate of drug-likeness (QED) is 0.599. The predicted octanol–water partition coefficient (Wildman–Crippen LogP) is 1.38. The molecule has 0 saturated carbocycles. The average molecular weight is 222 g/mol. The summed E-state index contributed by atoms with van der Waals surface area (Å²) in [6.45, 7) is 7.62. The Morgan fingerprint density at radius 1 is 1.07 bits per heavy atom. The van der Waals surface area contributed by atoms with Crippen molar-refractivity contribution >= 4 is 8.80 Å². The monoisotopic (exact) mass is 222 g/mol. The van der Waals surface area contributed by atoms with E-state index in [1.807, 2.05) is 20.8 Å². The van der Waals surface area contributed by atoms with Gasteiger partial charge < -0.3 is 19.0 Å². The standard InChI is InChI=1S/C9H23NO3Si/c1-4-11-14(12-5-2,13-6-3)9-7-8-10/h4-10H2,1-3H3/i9D. The van der Waals surface area contributed by atoms with E-state index in [1.54, 1.807) is 0 Å². The highest BCUT2D eigenvalue weighted by Crippen LogP contribution is 2.17. The molecule has 0 radical (unpaired) electrons. The van der Waals surface area contributed by atoms with Crippen LogP contribution in [0.1, 0.15) is 28.6 Å². The van der Waals surface area contributed by atoms with E-state index in [2.05, 4.69) is 0 Å². The third-order valence-corrected chi connectivity index (χ3v) is 4.46. The molecule has 4 nitrogen and oxygen atoms in total. The Morgan fingerprint density at radius 2 is 1.50 bits per heavy atom. The van der Waals surface area contributed by atoms with Crippen molar-refractivity contribution in [2.24, 2.45) is 5.73 Å². The van der Waals surface area contributed by atoms with Crippen LogP contribution in [0.5, 0.6) is 0 Å². The second kappa shape index (κ2) is 8.37. The fourth-order valence-electron chi connectivity index (χ4n) is 1.17. The lowest BCUT2D eigenvalue weighted by Gasteiger charge is -2.28. The van der Waals surface area contributed by atoms with Crippen LogP contribution in [0.4, 0.5) is 0 Å². The minimum Gasteiger partial charge on any atom is -0.374 e. The van der Waals surface area contributed by atoms with Crippen LogP contribution in [-0.4, -0.2) is 35.2 Å². The summed E-state index contributed by atoms with van der Waals surface area (Å²) in [4.78, 5) is 0. The van der Waals surface area contributed by atoms with Gasteiger partial charge in [0.1, 0.15) is 0 Å². The van der Waals surface area contributed by atoms with Gasteiger partial charge in [0.05, 0.1) is 0 Å². The molecule has 5 heteroatoms. The van der Waals surface area contributed by atoms with Crippen molar-refractivity contribution < 1.29 is 14.6 Å². The summed E-state index contributed by atoms with van der Waals surface area (Å²) in [6.07, 6.45) is 0.548. The van der Waals surface area contributed by atoms with Gasteiger partial charge in [0.15, 0.2) is 0 Å². The molecule has 86 valence electrons. The van der Waals surface area contributed by atoms with Crippen LogP contribution in [-0.2, 0) is 13.3 Å². The number of rotatable bonds is 9. The summed E-state index contributed by atoms with van der Waals surface area (Å²) in [5.41, 5.74) is 5.45. The highest BCUT2D eigenvalue weighted by atomic mass is 28.4. The van der Waals surface area contributed by atoms with E-state index in [-0.39, 0.29) is 0 Å². The van der Waals surface area contributed by atoms with Crippen molar-refractivity contribution in [1.82, 2.24) is 0 Å². The Labute approximate surface area is 89.5 Å². The zero-order valence-electron chi connectivity index (χ0n) is 10.4. The lowest BCUT2D eigenvalue weighted by Crippen LogP contribution is -2.46. The highest BCUT2D eigenvalue weighted by molar-refractivity contribution is 6.60. The van der Waals surface area contributed by atoms with Crippen molar-refractivity contribution in [2.45, 2.75) is 33.2 Å². The van der Waals surface area contributed by atoms with Gasteiger partial charge in [-0.25, -0.2) is 0 Å². The predicted molar refractivity (Wildman–Crippen MR) is 59.1 cm³/mol. The van der Waals surface area contributed by atoms with Crippen LogP contribution in [0.25, 0.3) is 0 Å². The normalized spacial score (nSPS) is 15.3. The fourth-order valence-corrected chi connectivity index (χ4v) is 3.50. The molecule has 0 bridgehead atoms. The van der Waals surface area contributed by atoms with E-state index in [1.165, 1.54) is 0 Å². The van der Waals surface area contributed by atoms with Crippen LogP contribution in [0.2, 0.25) is 6.02 Å². The fraction of sp³-hybridized carbons (Fsp3) is 1.00.